The van der Waals surface area contributed by atoms with Crippen molar-refractivity contribution in [2.75, 3.05) is 6.54 Å². The minimum Gasteiger partial charge on any atom is -0.509 e. The number of amides is 1. The first kappa shape index (κ1) is 13.9. The molecule has 2 aliphatic rings. The minimum atomic E-state index is -0.0932. The van der Waals surface area contributed by atoms with Crippen LogP contribution in [0.15, 0.2) is 17.9 Å². The Kier molecular flexibility index (Phi) is 3.52. The second-order valence-electron chi connectivity index (χ2n) is 5.68. The summed E-state index contributed by atoms with van der Waals surface area (Å²) >= 11 is 2.28. The monoisotopic (exact) mass is 383 g/mol. The Morgan fingerprint density at radius 1 is 1.25 bits per heavy atom. The molecule has 1 aromatic carbocycles. The van der Waals surface area contributed by atoms with E-state index in [4.69, 9.17) is 0 Å². The van der Waals surface area contributed by atoms with Crippen molar-refractivity contribution in [2.45, 2.75) is 39.2 Å². The number of rotatable bonds is 1. The molecule has 2 aliphatic heterocycles. The van der Waals surface area contributed by atoms with Gasteiger partial charge in [0.15, 0.2) is 0 Å². The molecule has 0 aromatic heterocycles. The highest BCUT2D eigenvalue weighted by atomic mass is 127. The number of hydrogen-bond donors (Lipinski definition) is 1. The van der Waals surface area contributed by atoms with Crippen LogP contribution in [0.1, 0.15) is 36.0 Å². The van der Waals surface area contributed by atoms with E-state index in [0.29, 0.717) is 5.57 Å². The molecule has 1 saturated heterocycles. The first-order valence-electron chi connectivity index (χ1n) is 7.02. The number of carbonyl (C=O) groups excluding carboxylic acids is 1. The third-order valence-corrected chi connectivity index (χ3v) is 4.92. The normalized spacial score (nSPS) is 22.4. The van der Waals surface area contributed by atoms with Crippen LogP contribution in [0, 0.1) is 17.4 Å². The van der Waals surface area contributed by atoms with Gasteiger partial charge in [0.2, 0.25) is 0 Å². The fourth-order valence-electron chi connectivity index (χ4n) is 3.42. The molecule has 1 amide bonds. The maximum absolute atomic E-state index is 12.6. The van der Waals surface area contributed by atoms with E-state index in [1.54, 1.807) is 0 Å². The van der Waals surface area contributed by atoms with Gasteiger partial charge in [0.1, 0.15) is 5.76 Å². The predicted molar refractivity (Wildman–Crippen MR) is 87.5 cm³/mol. The van der Waals surface area contributed by atoms with Crippen LogP contribution in [0.3, 0.4) is 0 Å². The molecular weight excluding hydrogens is 365 g/mol. The lowest BCUT2D eigenvalue weighted by Crippen LogP contribution is -2.39. The third-order valence-electron chi connectivity index (χ3n) is 4.30. The van der Waals surface area contributed by atoms with E-state index in [9.17, 15) is 9.90 Å². The summed E-state index contributed by atoms with van der Waals surface area (Å²) in [6.07, 6.45) is 2.99. The van der Waals surface area contributed by atoms with Crippen LogP contribution in [-0.4, -0.2) is 28.5 Å². The number of aliphatic hydroxyl groups excluding tert-OH is 1. The predicted octanol–water partition coefficient (Wildman–Crippen LogP) is 3.57. The van der Waals surface area contributed by atoms with Crippen LogP contribution >= 0.6 is 22.6 Å². The minimum absolute atomic E-state index is 0.000363. The maximum atomic E-state index is 12.6. The number of aryl methyl sites for hydroxylation is 2. The summed E-state index contributed by atoms with van der Waals surface area (Å²) in [6, 6.07) is 4.03. The summed E-state index contributed by atoms with van der Waals surface area (Å²) in [6.45, 7) is 4.78. The van der Waals surface area contributed by atoms with Crippen molar-refractivity contribution in [3.63, 3.8) is 0 Å². The van der Waals surface area contributed by atoms with E-state index in [0.717, 1.165) is 46.1 Å². The van der Waals surface area contributed by atoms with Gasteiger partial charge in [-0.05, 0) is 84.5 Å². The lowest BCUT2D eigenvalue weighted by atomic mass is 9.94. The van der Waals surface area contributed by atoms with Gasteiger partial charge in [-0.3, -0.25) is 4.79 Å². The average molecular weight is 383 g/mol. The van der Waals surface area contributed by atoms with Gasteiger partial charge in [0.05, 0.1) is 11.6 Å². The largest absolute Gasteiger partial charge is 0.509 e. The molecule has 0 radical (unpaired) electrons. The summed E-state index contributed by atoms with van der Waals surface area (Å²) in [5.74, 6) is 0.279. The highest BCUT2D eigenvalue weighted by molar-refractivity contribution is 14.1. The summed E-state index contributed by atoms with van der Waals surface area (Å²) in [5.41, 5.74) is 3.57. The molecular formula is C16H18INO2. The van der Waals surface area contributed by atoms with E-state index < -0.39 is 0 Å². The van der Waals surface area contributed by atoms with Gasteiger partial charge in [0, 0.05) is 10.1 Å². The molecule has 0 bridgehead atoms. The molecule has 20 heavy (non-hydrogen) atoms. The zero-order valence-corrected chi connectivity index (χ0v) is 13.9. The molecule has 0 saturated carbocycles. The summed E-state index contributed by atoms with van der Waals surface area (Å²) in [4.78, 5) is 14.5. The summed E-state index contributed by atoms with van der Waals surface area (Å²) < 4.78 is 1.16. The second kappa shape index (κ2) is 5.06. The molecule has 4 heteroatoms. The molecule has 1 aromatic rings. The van der Waals surface area contributed by atoms with Crippen LogP contribution in [0.2, 0.25) is 0 Å². The maximum Gasteiger partial charge on any atom is 0.258 e. The number of benzene rings is 1. The summed E-state index contributed by atoms with van der Waals surface area (Å²) in [7, 11) is 0. The van der Waals surface area contributed by atoms with Gasteiger partial charge in [-0.25, -0.2) is 0 Å². The molecule has 0 aliphatic carbocycles. The summed E-state index contributed by atoms with van der Waals surface area (Å²) in [5, 5.41) is 10.5. The fraction of sp³-hybridized carbons (Fsp3) is 0.438. The van der Waals surface area contributed by atoms with E-state index in [-0.39, 0.29) is 17.7 Å². The molecule has 3 rings (SSSR count). The Morgan fingerprint density at radius 3 is 2.50 bits per heavy atom. The molecule has 1 atom stereocenters. The number of carbonyl (C=O) groups is 1. The van der Waals surface area contributed by atoms with Crippen molar-refractivity contribution in [3.05, 3.63) is 38.2 Å². The molecule has 1 N–H and O–H groups in total. The number of halogens is 1. The Hall–Kier alpha value is -1.04. The Labute approximate surface area is 132 Å². The van der Waals surface area contributed by atoms with E-state index in [1.165, 1.54) is 0 Å². The molecule has 0 spiro atoms. The quantitative estimate of drug-likeness (QED) is 0.754. The first-order chi connectivity index (χ1) is 9.50. The van der Waals surface area contributed by atoms with Gasteiger partial charge in [0.25, 0.3) is 5.91 Å². The van der Waals surface area contributed by atoms with Crippen LogP contribution in [-0.2, 0) is 4.79 Å². The van der Waals surface area contributed by atoms with Gasteiger partial charge >= 0.3 is 0 Å². The Bertz CT molecular complexity index is 598. The lowest BCUT2D eigenvalue weighted by Gasteiger charge is -2.29. The zero-order chi connectivity index (χ0) is 14.4. The topological polar surface area (TPSA) is 40.5 Å². The Balaban J connectivity index is 2.14. The molecule has 3 nitrogen and oxygen atoms in total. The second-order valence-corrected chi connectivity index (χ2v) is 6.93. The zero-order valence-electron chi connectivity index (χ0n) is 11.7. The van der Waals surface area contributed by atoms with Crippen LogP contribution in [0.5, 0.6) is 0 Å². The molecule has 2 heterocycles. The molecule has 106 valence electrons. The van der Waals surface area contributed by atoms with Crippen molar-refractivity contribution >= 4 is 34.1 Å². The van der Waals surface area contributed by atoms with Crippen molar-refractivity contribution in [3.8, 4) is 0 Å². The fourth-order valence-corrected chi connectivity index (χ4v) is 4.35. The molecule has 1 unspecified atom stereocenters. The van der Waals surface area contributed by atoms with Crippen molar-refractivity contribution < 1.29 is 9.90 Å². The number of piperidine rings is 1. The average Bonchev–Trinajstić information content (AvgIpc) is 2.64. The number of nitrogens with zero attached hydrogens (tertiary/aromatic N) is 1. The van der Waals surface area contributed by atoms with Gasteiger partial charge in [-0.1, -0.05) is 0 Å². The van der Waals surface area contributed by atoms with Gasteiger partial charge < -0.3 is 10.0 Å². The van der Waals surface area contributed by atoms with Gasteiger partial charge in [-0.2, -0.15) is 0 Å². The number of aliphatic hydroxyl groups is 1. The Morgan fingerprint density at radius 2 is 1.90 bits per heavy atom. The lowest BCUT2D eigenvalue weighted by molar-refractivity contribution is -0.126. The SMILES string of the molecule is Cc1cc(I)cc(C)c1C1=C(O)C2CCCCN2C1=O. The van der Waals surface area contributed by atoms with Crippen molar-refractivity contribution in [1.29, 1.82) is 0 Å². The van der Waals surface area contributed by atoms with Crippen LogP contribution in [0.4, 0.5) is 0 Å². The van der Waals surface area contributed by atoms with Crippen molar-refractivity contribution in [1.82, 2.24) is 4.90 Å². The number of hydrogen-bond acceptors (Lipinski definition) is 2. The van der Waals surface area contributed by atoms with Crippen molar-refractivity contribution in [2.24, 2.45) is 0 Å². The third kappa shape index (κ3) is 2.05. The van der Waals surface area contributed by atoms with Crippen LogP contribution < -0.4 is 0 Å². The van der Waals surface area contributed by atoms with E-state index >= 15 is 0 Å². The van der Waals surface area contributed by atoms with E-state index in [2.05, 4.69) is 34.7 Å². The first-order valence-corrected chi connectivity index (χ1v) is 8.10. The number of fused-ring (bicyclic) bond motifs is 1. The van der Waals surface area contributed by atoms with Crippen LogP contribution in [0.25, 0.3) is 5.57 Å². The standard InChI is InChI=1S/C16H18INO2/c1-9-7-11(17)8-10(2)13(9)14-15(19)12-5-3-4-6-18(12)16(14)20/h7-8,12,19H,3-6H2,1-2H3. The highest BCUT2D eigenvalue weighted by Crippen LogP contribution is 2.38. The van der Waals surface area contributed by atoms with Gasteiger partial charge in [-0.15, -0.1) is 0 Å². The highest BCUT2D eigenvalue weighted by Gasteiger charge is 2.41. The molecule has 1 fully saturated rings. The van der Waals surface area contributed by atoms with E-state index in [1.807, 2.05) is 18.7 Å². The smallest absolute Gasteiger partial charge is 0.258 e.